The summed E-state index contributed by atoms with van der Waals surface area (Å²) in [5, 5.41) is 0.823. The van der Waals surface area contributed by atoms with Gasteiger partial charge in [0.05, 0.1) is 23.7 Å². The smallest absolute Gasteiger partial charge is 0.171 e. The molecule has 0 radical (unpaired) electrons. The molecule has 0 aromatic carbocycles. The number of carbonyl (C=O) groups excluding carboxylic acids is 1. The molecule has 0 N–H and O–H groups in total. The Balaban J connectivity index is 1.59. The average Bonchev–Trinajstić information content (AvgIpc) is 3.25. The number of nitrogens with zero attached hydrogens (tertiary/aromatic N) is 3. The van der Waals surface area contributed by atoms with E-state index in [2.05, 4.69) is 14.9 Å². The van der Waals surface area contributed by atoms with Crippen LogP contribution in [0, 0.1) is 0 Å². The van der Waals surface area contributed by atoms with E-state index in [1.54, 1.807) is 12.4 Å². The van der Waals surface area contributed by atoms with Gasteiger partial charge in [-0.2, -0.15) is 0 Å². The van der Waals surface area contributed by atoms with Gasteiger partial charge in [0.1, 0.15) is 10.8 Å². The van der Waals surface area contributed by atoms with Crippen LogP contribution in [-0.4, -0.2) is 48.3 Å². The fourth-order valence-corrected chi connectivity index (χ4v) is 3.88. The Kier molecular flexibility index (Phi) is 3.84. The highest BCUT2D eigenvalue weighted by molar-refractivity contribution is 7.16. The zero-order valence-electron chi connectivity index (χ0n) is 12.6. The Morgan fingerprint density at radius 1 is 1.22 bits per heavy atom. The Bertz CT molecular complexity index is 702. The second-order valence-corrected chi connectivity index (χ2v) is 6.72. The number of aromatic nitrogens is 2. The molecule has 1 spiro atoms. The summed E-state index contributed by atoms with van der Waals surface area (Å²) in [7, 11) is 0. The third kappa shape index (κ3) is 2.75. The molecule has 0 amide bonds. The Labute approximate surface area is 138 Å². The molecule has 0 unspecified atom stereocenters. The van der Waals surface area contributed by atoms with Crippen LogP contribution in [0.1, 0.15) is 22.5 Å². The summed E-state index contributed by atoms with van der Waals surface area (Å²) < 4.78 is 11.6. The lowest BCUT2D eigenvalue weighted by atomic mass is 10.0. The van der Waals surface area contributed by atoms with Crippen LogP contribution in [0.2, 0.25) is 0 Å². The molecule has 120 valence electrons. The molecule has 2 aromatic heterocycles. The quantitative estimate of drug-likeness (QED) is 0.805. The maximum absolute atomic E-state index is 10.9. The van der Waals surface area contributed by atoms with Gasteiger partial charge in [0.2, 0.25) is 0 Å². The van der Waals surface area contributed by atoms with Gasteiger partial charge < -0.3 is 14.4 Å². The van der Waals surface area contributed by atoms with Crippen LogP contribution in [-0.2, 0) is 9.47 Å². The first-order valence-electron chi connectivity index (χ1n) is 7.69. The first kappa shape index (κ1) is 14.7. The minimum atomic E-state index is -0.392. The summed E-state index contributed by atoms with van der Waals surface area (Å²) in [4.78, 5) is 22.7. The molecule has 6 nitrogen and oxygen atoms in total. The van der Waals surface area contributed by atoms with Gasteiger partial charge in [0, 0.05) is 38.3 Å². The number of anilines is 1. The van der Waals surface area contributed by atoms with Crippen LogP contribution in [0.4, 0.5) is 5.82 Å². The van der Waals surface area contributed by atoms with Gasteiger partial charge >= 0.3 is 0 Å². The van der Waals surface area contributed by atoms with Crippen molar-refractivity contribution in [3.05, 3.63) is 29.4 Å². The largest absolute Gasteiger partial charge is 0.356 e. The van der Waals surface area contributed by atoms with E-state index < -0.39 is 5.79 Å². The summed E-state index contributed by atoms with van der Waals surface area (Å²) >= 11 is 1.39. The highest BCUT2D eigenvalue weighted by atomic mass is 32.1. The van der Waals surface area contributed by atoms with Gasteiger partial charge in [0.25, 0.3) is 0 Å². The summed E-state index contributed by atoms with van der Waals surface area (Å²) in [5.74, 6) is 0.518. The number of ether oxygens (including phenoxy) is 2. The number of aldehydes is 1. The molecule has 0 aliphatic carbocycles. The molecule has 4 rings (SSSR count). The number of hydrogen-bond donors (Lipinski definition) is 0. The predicted molar refractivity (Wildman–Crippen MR) is 86.8 cm³/mol. The number of carbonyl (C=O) groups is 1. The van der Waals surface area contributed by atoms with E-state index >= 15 is 0 Å². The maximum atomic E-state index is 10.9. The van der Waals surface area contributed by atoms with Gasteiger partial charge in [-0.25, -0.2) is 9.97 Å². The number of rotatable bonds is 3. The van der Waals surface area contributed by atoms with Crippen molar-refractivity contribution in [2.24, 2.45) is 0 Å². The number of pyridine rings is 1. The topological polar surface area (TPSA) is 64.6 Å². The number of piperidine rings is 1. The first-order chi connectivity index (χ1) is 11.3. The molecule has 4 heterocycles. The second kappa shape index (κ2) is 5.99. The van der Waals surface area contributed by atoms with Gasteiger partial charge in [-0.15, -0.1) is 11.3 Å². The molecule has 0 bridgehead atoms. The number of hydrogen-bond acceptors (Lipinski definition) is 7. The lowest BCUT2D eigenvalue weighted by Gasteiger charge is -2.38. The highest BCUT2D eigenvalue weighted by Crippen LogP contribution is 2.36. The van der Waals surface area contributed by atoms with Crippen LogP contribution in [0.25, 0.3) is 10.6 Å². The molecule has 2 aromatic rings. The van der Waals surface area contributed by atoms with Crippen LogP contribution < -0.4 is 4.90 Å². The van der Waals surface area contributed by atoms with Crippen molar-refractivity contribution in [1.29, 1.82) is 0 Å². The molecular formula is C16H17N3O3S. The SMILES string of the molecule is O=Cc1cnc(-c2cccnc2N2CCC3(CC2)OCCO3)s1. The minimum Gasteiger partial charge on any atom is -0.356 e. The van der Waals surface area contributed by atoms with E-state index in [4.69, 9.17) is 9.47 Å². The van der Waals surface area contributed by atoms with Crippen LogP contribution in [0.3, 0.4) is 0 Å². The lowest BCUT2D eigenvalue weighted by Crippen LogP contribution is -2.45. The van der Waals surface area contributed by atoms with Crippen molar-refractivity contribution in [2.45, 2.75) is 18.6 Å². The van der Waals surface area contributed by atoms with Crippen molar-refractivity contribution in [3.63, 3.8) is 0 Å². The molecule has 2 aliphatic heterocycles. The first-order valence-corrected chi connectivity index (χ1v) is 8.51. The molecule has 2 saturated heterocycles. The maximum Gasteiger partial charge on any atom is 0.171 e. The Morgan fingerprint density at radius 2 is 2.00 bits per heavy atom. The Morgan fingerprint density at radius 3 is 2.70 bits per heavy atom. The average molecular weight is 331 g/mol. The van der Waals surface area contributed by atoms with Gasteiger partial charge in [-0.3, -0.25) is 4.79 Å². The van der Waals surface area contributed by atoms with Crippen molar-refractivity contribution in [2.75, 3.05) is 31.2 Å². The fourth-order valence-electron chi connectivity index (χ4n) is 3.13. The lowest BCUT2D eigenvalue weighted by molar-refractivity contribution is -0.169. The van der Waals surface area contributed by atoms with Crippen LogP contribution >= 0.6 is 11.3 Å². The van der Waals surface area contributed by atoms with Crippen molar-refractivity contribution < 1.29 is 14.3 Å². The third-order valence-electron chi connectivity index (χ3n) is 4.30. The molecule has 2 aliphatic rings. The molecular weight excluding hydrogens is 314 g/mol. The summed E-state index contributed by atoms with van der Waals surface area (Å²) in [6.45, 7) is 3.02. The van der Waals surface area contributed by atoms with E-state index in [0.29, 0.717) is 18.1 Å². The molecule has 2 fully saturated rings. The summed E-state index contributed by atoms with van der Waals surface area (Å²) in [5.41, 5.74) is 0.967. The highest BCUT2D eigenvalue weighted by Gasteiger charge is 2.40. The van der Waals surface area contributed by atoms with E-state index in [9.17, 15) is 4.79 Å². The van der Waals surface area contributed by atoms with Gasteiger partial charge in [-0.05, 0) is 12.1 Å². The van der Waals surface area contributed by atoms with E-state index in [-0.39, 0.29) is 0 Å². The van der Waals surface area contributed by atoms with Gasteiger partial charge in [0.15, 0.2) is 12.1 Å². The summed E-state index contributed by atoms with van der Waals surface area (Å²) in [6.07, 6.45) is 5.90. The van der Waals surface area contributed by atoms with E-state index in [1.807, 2.05) is 12.1 Å². The zero-order valence-corrected chi connectivity index (χ0v) is 13.4. The molecule has 0 saturated carbocycles. The standard InChI is InChI=1S/C16H17N3O3S/c20-11-12-10-18-15(23-12)13-2-1-5-17-14(13)19-6-3-16(4-7-19)21-8-9-22-16/h1-2,5,10-11H,3-4,6-9H2. The van der Waals surface area contributed by atoms with Crippen LogP contribution in [0.5, 0.6) is 0 Å². The minimum absolute atomic E-state index is 0.392. The fraction of sp³-hybridized carbons (Fsp3) is 0.438. The third-order valence-corrected chi connectivity index (χ3v) is 5.25. The Hall–Kier alpha value is -1.83. The van der Waals surface area contributed by atoms with Crippen molar-refractivity contribution >= 4 is 23.4 Å². The second-order valence-electron chi connectivity index (χ2n) is 5.65. The summed E-state index contributed by atoms with van der Waals surface area (Å²) in [6, 6.07) is 3.90. The molecule has 23 heavy (non-hydrogen) atoms. The molecule has 0 atom stereocenters. The zero-order chi connectivity index (χ0) is 15.7. The number of thiazole rings is 1. The van der Waals surface area contributed by atoms with E-state index in [1.165, 1.54) is 11.3 Å². The van der Waals surface area contributed by atoms with Crippen LogP contribution in [0.15, 0.2) is 24.5 Å². The normalized spacial score (nSPS) is 20.1. The van der Waals surface area contributed by atoms with Crippen molar-refractivity contribution in [1.82, 2.24) is 9.97 Å². The predicted octanol–water partition coefficient (Wildman–Crippen LogP) is 2.36. The monoisotopic (exact) mass is 331 g/mol. The van der Waals surface area contributed by atoms with E-state index in [0.717, 1.165) is 48.6 Å². The van der Waals surface area contributed by atoms with Crippen molar-refractivity contribution in [3.8, 4) is 10.6 Å². The molecule has 7 heteroatoms. The van der Waals surface area contributed by atoms with Gasteiger partial charge in [-0.1, -0.05) is 0 Å².